The van der Waals surface area contributed by atoms with Crippen LogP contribution in [0.1, 0.15) is 61.4 Å². The van der Waals surface area contributed by atoms with Gasteiger partial charge in [-0.25, -0.2) is 4.98 Å². The number of fused-ring (bicyclic) bond motifs is 1. The SMILES string of the molecule is CCCCCOc1ccc(NC(=S)NC(=O)c2cc3c(o2)CCC(C(=O)OCC)C3)cn1. The van der Waals surface area contributed by atoms with E-state index in [-0.39, 0.29) is 22.8 Å². The second kappa shape index (κ2) is 11.6. The standard InChI is InChI=1S/C23H29N3O5S/c1-3-5-6-11-30-20-10-8-17(14-24-20)25-23(32)26-21(27)19-13-16-12-15(22(28)29-4-2)7-9-18(16)31-19/h8,10,13-15H,3-7,9,11-12H2,1-2H3,(H2,25,26,27,32). The summed E-state index contributed by atoms with van der Waals surface area (Å²) in [5.41, 5.74) is 1.49. The topological polar surface area (TPSA) is 103 Å². The number of thiocarbonyl (C=S) groups is 1. The number of amides is 1. The summed E-state index contributed by atoms with van der Waals surface area (Å²) >= 11 is 5.23. The number of unbranched alkanes of at least 4 members (excludes halogenated alkanes) is 2. The molecule has 172 valence electrons. The van der Waals surface area contributed by atoms with Crippen molar-refractivity contribution in [2.45, 2.75) is 52.4 Å². The summed E-state index contributed by atoms with van der Waals surface area (Å²) in [4.78, 5) is 28.8. The van der Waals surface area contributed by atoms with Crippen molar-refractivity contribution in [3.05, 3.63) is 41.5 Å². The molecule has 0 spiro atoms. The summed E-state index contributed by atoms with van der Waals surface area (Å²) in [6, 6.07) is 5.20. The Morgan fingerprint density at radius 2 is 2.12 bits per heavy atom. The highest BCUT2D eigenvalue weighted by molar-refractivity contribution is 7.80. The zero-order chi connectivity index (χ0) is 22.9. The fourth-order valence-electron chi connectivity index (χ4n) is 3.49. The maximum Gasteiger partial charge on any atom is 0.309 e. The third kappa shape index (κ3) is 6.53. The van der Waals surface area contributed by atoms with E-state index < -0.39 is 5.91 Å². The number of carbonyl (C=O) groups is 2. The van der Waals surface area contributed by atoms with Gasteiger partial charge in [-0.3, -0.25) is 14.9 Å². The Morgan fingerprint density at radius 3 is 2.84 bits per heavy atom. The van der Waals surface area contributed by atoms with Crippen LogP contribution < -0.4 is 15.4 Å². The van der Waals surface area contributed by atoms with Crippen LogP contribution >= 0.6 is 12.2 Å². The molecule has 2 aromatic rings. The average molecular weight is 460 g/mol. The quantitative estimate of drug-likeness (QED) is 0.329. The first-order valence-electron chi connectivity index (χ1n) is 11.0. The molecule has 0 radical (unpaired) electrons. The fraction of sp³-hybridized carbons (Fsp3) is 0.478. The number of carbonyl (C=O) groups excluding carboxylic acids is 2. The molecule has 1 aliphatic carbocycles. The van der Waals surface area contributed by atoms with Gasteiger partial charge in [-0.2, -0.15) is 0 Å². The van der Waals surface area contributed by atoms with Crippen molar-refractivity contribution >= 4 is 34.9 Å². The third-order valence-electron chi connectivity index (χ3n) is 5.15. The van der Waals surface area contributed by atoms with Crippen LogP contribution in [-0.4, -0.2) is 35.2 Å². The largest absolute Gasteiger partial charge is 0.478 e. The summed E-state index contributed by atoms with van der Waals surface area (Å²) < 4.78 is 16.4. The number of pyridine rings is 1. The van der Waals surface area contributed by atoms with E-state index in [9.17, 15) is 9.59 Å². The van der Waals surface area contributed by atoms with Crippen LogP contribution in [0.4, 0.5) is 5.69 Å². The van der Waals surface area contributed by atoms with Crippen LogP contribution in [0.2, 0.25) is 0 Å². The molecule has 1 aliphatic rings. The van der Waals surface area contributed by atoms with Crippen molar-refractivity contribution in [3.63, 3.8) is 0 Å². The Kier molecular flexibility index (Phi) is 8.61. The second-order valence-corrected chi connectivity index (χ2v) is 8.01. The van der Waals surface area contributed by atoms with Crippen LogP contribution in [0.5, 0.6) is 5.88 Å². The Balaban J connectivity index is 1.50. The molecule has 2 heterocycles. The van der Waals surface area contributed by atoms with Crippen LogP contribution in [0.3, 0.4) is 0 Å². The lowest BCUT2D eigenvalue weighted by Crippen LogP contribution is -2.33. The number of ether oxygens (including phenoxy) is 2. The van der Waals surface area contributed by atoms with E-state index in [1.54, 1.807) is 31.3 Å². The minimum Gasteiger partial charge on any atom is -0.478 e. The van der Waals surface area contributed by atoms with E-state index in [2.05, 4.69) is 22.5 Å². The van der Waals surface area contributed by atoms with Crippen molar-refractivity contribution in [1.29, 1.82) is 0 Å². The molecular weight excluding hydrogens is 430 g/mol. The molecule has 32 heavy (non-hydrogen) atoms. The lowest BCUT2D eigenvalue weighted by Gasteiger charge is -2.19. The Hall–Kier alpha value is -2.94. The van der Waals surface area contributed by atoms with Gasteiger partial charge >= 0.3 is 5.97 Å². The van der Waals surface area contributed by atoms with Gasteiger partial charge in [0.1, 0.15) is 5.76 Å². The van der Waals surface area contributed by atoms with E-state index in [1.165, 1.54) is 0 Å². The minimum atomic E-state index is -0.451. The summed E-state index contributed by atoms with van der Waals surface area (Å²) in [7, 11) is 0. The zero-order valence-electron chi connectivity index (χ0n) is 18.4. The molecule has 0 fully saturated rings. The summed E-state index contributed by atoms with van der Waals surface area (Å²) in [5.74, 6) is 0.578. The Labute approximate surface area is 193 Å². The van der Waals surface area contributed by atoms with Gasteiger partial charge in [0, 0.05) is 12.5 Å². The zero-order valence-corrected chi connectivity index (χ0v) is 19.3. The lowest BCUT2D eigenvalue weighted by atomic mass is 9.88. The molecule has 3 rings (SSSR count). The number of furan rings is 1. The molecule has 1 amide bonds. The van der Waals surface area contributed by atoms with E-state index in [1.807, 2.05) is 0 Å². The number of anilines is 1. The van der Waals surface area contributed by atoms with E-state index >= 15 is 0 Å². The molecule has 0 aliphatic heterocycles. The smallest absolute Gasteiger partial charge is 0.309 e. The monoisotopic (exact) mass is 459 g/mol. The number of nitrogens with one attached hydrogen (secondary N) is 2. The van der Waals surface area contributed by atoms with Crippen molar-refractivity contribution in [3.8, 4) is 5.88 Å². The van der Waals surface area contributed by atoms with Gasteiger partial charge in [0.05, 0.1) is 31.0 Å². The van der Waals surface area contributed by atoms with E-state index in [0.29, 0.717) is 44.0 Å². The number of nitrogens with zero attached hydrogens (tertiary/aromatic N) is 1. The van der Waals surface area contributed by atoms with Gasteiger partial charge in [0.15, 0.2) is 10.9 Å². The summed E-state index contributed by atoms with van der Waals surface area (Å²) in [6.45, 7) is 4.92. The number of aromatic nitrogens is 1. The highest BCUT2D eigenvalue weighted by Crippen LogP contribution is 2.29. The Bertz CT molecular complexity index is 942. The summed E-state index contributed by atoms with van der Waals surface area (Å²) in [6.07, 6.45) is 6.59. The molecule has 1 unspecified atom stereocenters. The van der Waals surface area contributed by atoms with Crippen molar-refractivity contribution in [2.75, 3.05) is 18.5 Å². The fourth-order valence-corrected chi connectivity index (χ4v) is 3.70. The molecule has 0 saturated carbocycles. The second-order valence-electron chi connectivity index (χ2n) is 7.60. The predicted molar refractivity (Wildman–Crippen MR) is 124 cm³/mol. The van der Waals surface area contributed by atoms with Gasteiger partial charge in [0.25, 0.3) is 5.91 Å². The average Bonchev–Trinajstić information content (AvgIpc) is 3.21. The van der Waals surface area contributed by atoms with Crippen LogP contribution in [-0.2, 0) is 22.4 Å². The van der Waals surface area contributed by atoms with Crippen LogP contribution in [0.15, 0.2) is 28.8 Å². The maximum absolute atomic E-state index is 12.5. The number of hydrogen-bond acceptors (Lipinski definition) is 7. The van der Waals surface area contributed by atoms with Crippen molar-refractivity contribution < 1.29 is 23.5 Å². The molecular formula is C23H29N3O5S. The van der Waals surface area contributed by atoms with E-state index in [0.717, 1.165) is 30.6 Å². The van der Waals surface area contributed by atoms with Crippen LogP contribution in [0, 0.1) is 5.92 Å². The Morgan fingerprint density at radius 1 is 1.28 bits per heavy atom. The van der Waals surface area contributed by atoms with Gasteiger partial charge in [-0.1, -0.05) is 19.8 Å². The number of rotatable bonds is 9. The maximum atomic E-state index is 12.5. The molecule has 2 aromatic heterocycles. The van der Waals surface area contributed by atoms with Gasteiger partial charge in [0.2, 0.25) is 5.88 Å². The highest BCUT2D eigenvalue weighted by Gasteiger charge is 2.29. The molecule has 1 atom stereocenters. The number of esters is 1. The molecule has 9 heteroatoms. The molecule has 8 nitrogen and oxygen atoms in total. The van der Waals surface area contributed by atoms with E-state index in [4.69, 9.17) is 26.1 Å². The van der Waals surface area contributed by atoms with Gasteiger partial charge in [-0.05, 0) is 56.1 Å². The predicted octanol–water partition coefficient (Wildman–Crippen LogP) is 4.04. The first-order valence-corrected chi connectivity index (χ1v) is 11.4. The van der Waals surface area contributed by atoms with Gasteiger partial charge in [-0.15, -0.1) is 0 Å². The number of aryl methyl sites for hydroxylation is 1. The number of hydrogen-bond donors (Lipinski definition) is 2. The van der Waals surface area contributed by atoms with Gasteiger partial charge < -0.3 is 19.2 Å². The minimum absolute atomic E-state index is 0.132. The highest BCUT2D eigenvalue weighted by atomic mass is 32.1. The normalized spacial score (nSPS) is 14.9. The van der Waals surface area contributed by atoms with Crippen molar-refractivity contribution in [2.24, 2.45) is 5.92 Å². The van der Waals surface area contributed by atoms with Crippen molar-refractivity contribution in [1.82, 2.24) is 10.3 Å². The third-order valence-corrected chi connectivity index (χ3v) is 5.35. The first kappa shape index (κ1) is 23.7. The summed E-state index contributed by atoms with van der Waals surface area (Å²) in [5, 5.41) is 5.66. The molecule has 0 aromatic carbocycles. The van der Waals surface area contributed by atoms with Crippen LogP contribution in [0.25, 0.3) is 0 Å². The molecule has 0 saturated heterocycles. The molecule has 2 N–H and O–H groups in total. The first-order chi connectivity index (χ1) is 15.5. The lowest BCUT2D eigenvalue weighted by molar-refractivity contribution is -0.148. The molecule has 0 bridgehead atoms.